The molecule has 2 rings (SSSR count). The minimum Gasteiger partial charge on any atom is -0.459 e. The first-order valence-electron chi connectivity index (χ1n) is 6.68. The number of nitrogens with zero attached hydrogens (tertiary/aromatic N) is 1. The SMILES string of the molecule is CC(C)OC(=O)c1ccc(N2CC(CCl)CC2=O)cc1. The minimum atomic E-state index is -0.349. The Kier molecular flexibility index (Phi) is 4.65. The van der Waals surface area contributed by atoms with Gasteiger partial charge in [-0.05, 0) is 44.0 Å². The Morgan fingerprint density at radius 3 is 2.55 bits per heavy atom. The van der Waals surface area contributed by atoms with E-state index >= 15 is 0 Å². The number of amides is 1. The van der Waals surface area contributed by atoms with Crippen LogP contribution in [0.3, 0.4) is 0 Å². The Bertz CT molecular complexity index is 498. The lowest BCUT2D eigenvalue weighted by molar-refractivity contribution is -0.117. The van der Waals surface area contributed by atoms with Gasteiger partial charge in [-0.3, -0.25) is 4.79 Å². The molecule has 5 heteroatoms. The molecule has 0 aromatic heterocycles. The van der Waals surface area contributed by atoms with E-state index in [2.05, 4.69) is 0 Å². The molecule has 1 saturated heterocycles. The monoisotopic (exact) mass is 295 g/mol. The number of hydrogen-bond acceptors (Lipinski definition) is 3. The number of hydrogen-bond donors (Lipinski definition) is 0. The molecule has 1 heterocycles. The molecule has 20 heavy (non-hydrogen) atoms. The fraction of sp³-hybridized carbons (Fsp3) is 0.467. The van der Waals surface area contributed by atoms with Gasteiger partial charge in [0.15, 0.2) is 0 Å². The van der Waals surface area contributed by atoms with Crippen LogP contribution in [0.2, 0.25) is 0 Å². The molecule has 0 aliphatic carbocycles. The fourth-order valence-corrected chi connectivity index (χ4v) is 2.40. The molecule has 1 atom stereocenters. The second kappa shape index (κ2) is 6.27. The van der Waals surface area contributed by atoms with Gasteiger partial charge in [-0.15, -0.1) is 11.6 Å². The van der Waals surface area contributed by atoms with E-state index in [1.54, 1.807) is 29.2 Å². The third-order valence-corrected chi connectivity index (χ3v) is 3.62. The molecule has 4 nitrogen and oxygen atoms in total. The maximum absolute atomic E-state index is 11.9. The Morgan fingerprint density at radius 1 is 1.40 bits per heavy atom. The first-order chi connectivity index (χ1) is 9.51. The normalized spacial score (nSPS) is 18.7. The van der Waals surface area contributed by atoms with E-state index in [0.29, 0.717) is 24.4 Å². The number of esters is 1. The molecule has 1 aromatic rings. The number of halogens is 1. The molecule has 0 bridgehead atoms. The van der Waals surface area contributed by atoms with Gasteiger partial charge in [-0.2, -0.15) is 0 Å². The van der Waals surface area contributed by atoms with Crippen LogP contribution >= 0.6 is 11.6 Å². The molecule has 0 radical (unpaired) electrons. The molecule has 1 amide bonds. The van der Waals surface area contributed by atoms with Crippen LogP contribution in [0.25, 0.3) is 0 Å². The van der Waals surface area contributed by atoms with E-state index in [1.807, 2.05) is 13.8 Å². The maximum Gasteiger partial charge on any atom is 0.338 e. The van der Waals surface area contributed by atoms with Crippen LogP contribution in [0, 0.1) is 5.92 Å². The van der Waals surface area contributed by atoms with Crippen LogP contribution in [0.15, 0.2) is 24.3 Å². The smallest absolute Gasteiger partial charge is 0.338 e. The number of benzene rings is 1. The van der Waals surface area contributed by atoms with Gasteiger partial charge in [-0.25, -0.2) is 4.79 Å². The second-order valence-corrected chi connectivity index (χ2v) is 5.54. The molecule has 0 N–H and O–H groups in total. The molecular formula is C15H18ClNO3. The number of anilines is 1. The maximum atomic E-state index is 11.9. The van der Waals surface area contributed by atoms with Crippen LogP contribution in [0.1, 0.15) is 30.6 Å². The summed E-state index contributed by atoms with van der Waals surface area (Å²) >= 11 is 5.80. The fourth-order valence-electron chi connectivity index (χ4n) is 2.19. The van der Waals surface area contributed by atoms with E-state index in [9.17, 15) is 9.59 Å². The molecule has 1 unspecified atom stereocenters. The topological polar surface area (TPSA) is 46.6 Å². The summed E-state index contributed by atoms with van der Waals surface area (Å²) in [5.74, 6) is 0.418. The summed E-state index contributed by atoms with van der Waals surface area (Å²) < 4.78 is 5.12. The van der Waals surface area contributed by atoms with Crippen molar-refractivity contribution in [3.63, 3.8) is 0 Å². The van der Waals surface area contributed by atoms with Gasteiger partial charge in [-0.1, -0.05) is 0 Å². The van der Waals surface area contributed by atoms with Crippen molar-refractivity contribution in [3.05, 3.63) is 29.8 Å². The van der Waals surface area contributed by atoms with Crippen LogP contribution in [0.5, 0.6) is 0 Å². The quantitative estimate of drug-likeness (QED) is 0.634. The highest BCUT2D eigenvalue weighted by molar-refractivity contribution is 6.18. The Morgan fingerprint density at radius 2 is 2.05 bits per heavy atom. The van der Waals surface area contributed by atoms with Crippen molar-refractivity contribution < 1.29 is 14.3 Å². The van der Waals surface area contributed by atoms with Gasteiger partial charge in [0.05, 0.1) is 11.7 Å². The summed E-state index contributed by atoms with van der Waals surface area (Å²) in [6.45, 7) is 4.25. The van der Waals surface area contributed by atoms with Gasteiger partial charge in [0, 0.05) is 24.5 Å². The minimum absolute atomic E-state index is 0.0770. The highest BCUT2D eigenvalue weighted by atomic mass is 35.5. The number of ether oxygens (including phenoxy) is 1. The number of rotatable bonds is 4. The Labute approximate surface area is 123 Å². The third kappa shape index (κ3) is 3.31. The molecule has 1 fully saturated rings. The van der Waals surface area contributed by atoms with Gasteiger partial charge in [0.1, 0.15) is 0 Å². The summed E-state index contributed by atoms with van der Waals surface area (Å²) in [7, 11) is 0. The van der Waals surface area contributed by atoms with Crippen LogP contribution < -0.4 is 4.90 Å². The lowest BCUT2D eigenvalue weighted by Gasteiger charge is -2.16. The molecule has 1 aliphatic rings. The Balaban J connectivity index is 2.09. The zero-order valence-corrected chi connectivity index (χ0v) is 12.4. The summed E-state index contributed by atoms with van der Waals surface area (Å²) in [6, 6.07) is 6.90. The van der Waals surface area contributed by atoms with Gasteiger partial charge in [0.2, 0.25) is 5.91 Å². The molecule has 0 saturated carbocycles. The first kappa shape index (κ1) is 14.9. The number of carbonyl (C=O) groups is 2. The molecule has 1 aromatic carbocycles. The largest absolute Gasteiger partial charge is 0.459 e. The van der Waals surface area contributed by atoms with Gasteiger partial charge >= 0.3 is 5.97 Å². The molecule has 0 spiro atoms. The lowest BCUT2D eigenvalue weighted by Crippen LogP contribution is -2.24. The summed E-state index contributed by atoms with van der Waals surface area (Å²) in [5.41, 5.74) is 1.28. The van der Waals surface area contributed by atoms with Crippen LogP contribution in [0.4, 0.5) is 5.69 Å². The summed E-state index contributed by atoms with van der Waals surface area (Å²) in [5, 5.41) is 0. The van der Waals surface area contributed by atoms with Crippen molar-refractivity contribution in [3.8, 4) is 0 Å². The average Bonchev–Trinajstić information content (AvgIpc) is 2.79. The Hall–Kier alpha value is -1.55. The summed E-state index contributed by atoms with van der Waals surface area (Å²) in [6.07, 6.45) is 0.340. The first-order valence-corrected chi connectivity index (χ1v) is 7.22. The van der Waals surface area contributed by atoms with E-state index in [0.717, 1.165) is 5.69 Å². The van der Waals surface area contributed by atoms with E-state index in [-0.39, 0.29) is 23.9 Å². The summed E-state index contributed by atoms with van der Waals surface area (Å²) in [4.78, 5) is 25.3. The van der Waals surface area contributed by atoms with Gasteiger partial charge < -0.3 is 9.64 Å². The van der Waals surface area contributed by atoms with Crippen molar-refractivity contribution in [1.29, 1.82) is 0 Å². The highest BCUT2D eigenvalue weighted by Crippen LogP contribution is 2.26. The van der Waals surface area contributed by atoms with Crippen molar-refractivity contribution in [2.24, 2.45) is 5.92 Å². The lowest BCUT2D eigenvalue weighted by atomic mass is 10.1. The van der Waals surface area contributed by atoms with E-state index < -0.39 is 0 Å². The van der Waals surface area contributed by atoms with Crippen molar-refractivity contribution in [2.45, 2.75) is 26.4 Å². The third-order valence-electron chi connectivity index (χ3n) is 3.18. The van der Waals surface area contributed by atoms with E-state index in [4.69, 9.17) is 16.3 Å². The van der Waals surface area contributed by atoms with Crippen LogP contribution in [-0.2, 0) is 9.53 Å². The average molecular weight is 296 g/mol. The van der Waals surface area contributed by atoms with Crippen molar-refractivity contribution >= 4 is 29.2 Å². The number of carbonyl (C=O) groups excluding carboxylic acids is 2. The molecule has 1 aliphatic heterocycles. The zero-order valence-electron chi connectivity index (χ0n) is 11.6. The van der Waals surface area contributed by atoms with Crippen molar-refractivity contribution in [1.82, 2.24) is 0 Å². The molecular weight excluding hydrogens is 278 g/mol. The van der Waals surface area contributed by atoms with E-state index in [1.165, 1.54) is 0 Å². The van der Waals surface area contributed by atoms with Crippen LogP contribution in [-0.4, -0.2) is 30.4 Å². The van der Waals surface area contributed by atoms with Crippen molar-refractivity contribution in [2.75, 3.05) is 17.3 Å². The predicted molar refractivity (Wildman–Crippen MR) is 78.2 cm³/mol. The van der Waals surface area contributed by atoms with Gasteiger partial charge in [0.25, 0.3) is 0 Å². The predicted octanol–water partition coefficient (Wildman–Crippen LogP) is 2.84. The number of alkyl halides is 1. The molecule has 108 valence electrons. The zero-order chi connectivity index (χ0) is 14.7. The highest BCUT2D eigenvalue weighted by Gasteiger charge is 2.29. The standard InChI is InChI=1S/C15H18ClNO3/c1-10(2)20-15(19)12-3-5-13(6-4-12)17-9-11(8-16)7-14(17)18/h3-6,10-11H,7-9H2,1-2H3. The second-order valence-electron chi connectivity index (χ2n) is 5.23.